The number of carbonyl (C=O) groups is 2. The number of esters is 1. The van der Waals surface area contributed by atoms with Gasteiger partial charge in [-0.3, -0.25) is 4.79 Å². The van der Waals surface area contributed by atoms with Gasteiger partial charge in [0.05, 0.1) is 13.7 Å². The zero-order valence-corrected chi connectivity index (χ0v) is 13.9. The molecule has 0 unspecified atom stereocenters. The minimum absolute atomic E-state index is 0.0870. The number of amides is 1. The lowest BCUT2D eigenvalue weighted by Gasteiger charge is -2.22. The normalized spacial score (nSPS) is 10.8. The van der Waals surface area contributed by atoms with Gasteiger partial charge in [-0.2, -0.15) is 0 Å². The molecule has 0 fully saturated rings. The van der Waals surface area contributed by atoms with E-state index in [0.717, 1.165) is 19.3 Å². The Morgan fingerprint density at radius 1 is 1.36 bits per heavy atom. The van der Waals surface area contributed by atoms with Crippen LogP contribution < -0.4 is 0 Å². The number of aromatic nitrogens is 1. The van der Waals surface area contributed by atoms with Gasteiger partial charge >= 0.3 is 5.97 Å². The van der Waals surface area contributed by atoms with Gasteiger partial charge in [-0.05, 0) is 12.3 Å². The Morgan fingerprint density at radius 3 is 2.68 bits per heavy atom. The summed E-state index contributed by atoms with van der Waals surface area (Å²) >= 11 is 0. The maximum Gasteiger partial charge on any atom is 0.360 e. The van der Waals surface area contributed by atoms with Crippen molar-refractivity contribution in [1.82, 2.24) is 9.88 Å². The molecule has 0 aromatic carbocycles. The van der Waals surface area contributed by atoms with E-state index in [-0.39, 0.29) is 18.1 Å². The van der Waals surface area contributed by atoms with E-state index in [1.165, 1.54) is 13.4 Å². The zero-order valence-electron chi connectivity index (χ0n) is 13.9. The molecule has 6 nitrogen and oxygen atoms in total. The van der Waals surface area contributed by atoms with Crippen molar-refractivity contribution in [1.29, 1.82) is 0 Å². The van der Waals surface area contributed by atoms with Crippen LogP contribution in [0.5, 0.6) is 0 Å². The van der Waals surface area contributed by atoms with Crippen LogP contribution in [0.3, 0.4) is 0 Å². The van der Waals surface area contributed by atoms with E-state index in [0.29, 0.717) is 24.8 Å². The molecule has 6 heteroatoms. The van der Waals surface area contributed by atoms with Gasteiger partial charge in [0.1, 0.15) is 6.26 Å². The van der Waals surface area contributed by atoms with E-state index in [1.807, 2.05) is 13.8 Å². The van der Waals surface area contributed by atoms with Crippen molar-refractivity contribution >= 4 is 11.9 Å². The fourth-order valence-electron chi connectivity index (χ4n) is 2.07. The molecule has 1 aromatic heterocycles. The van der Waals surface area contributed by atoms with Gasteiger partial charge in [-0.1, -0.05) is 33.6 Å². The Hall–Kier alpha value is -1.85. The number of unbranched alkanes of at least 4 members (excludes halogenated alkanes) is 2. The second kappa shape index (κ2) is 9.23. The third kappa shape index (κ3) is 5.87. The first kappa shape index (κ1) is 18.2. The van der Waals surface area contributed by atoms with Gasteiger partial charge in [-0.25, -0.2) is 9.78 Å². The Kier molecular flexibility index (Phi) is 7.63. The highest BCUT2D eigenvalue weighted by Gasteiger charge is 2.19. The minimum Gasteiger partial charge on any atom is -0.464 e. The third-order valence-corrected chi connectivity index (χ3v) is 3.24. The van der Waals surface area contributed by atoms with Crippen molar-refractivity contribution in [3.05, 3.63) is 17.8 Å². The number of hydrogen-bond donors (Lipinski definition) is 0. The number of methoxy groups -OCH3 is 1. The standard InChI is InChI=1S/C16H26N2O4/c1-5-6-7-8-18(15(19)9-12(2)3)10-14-17-13(11-22-14)16(20)21-4/h11-12H,5-10H2,1-4H3. The first-order valence-electron chi connectivity index (χ1n) is 7.78. The largest absolute Gasteiger partial charge is 0.464 e. The number of nitrogens with zero attached hydrogens (tertiary/aromatic N) is 2. The van der Waals surface area contributed by atoms with E-state index >= 15 is 0 Å². The molecule has 0 radical (unpaired) electrons. The summed E-state index contributed by atoms with van der Waals surface area (Å²) in [7, 11) is 1.29. The van der Waals surface area contributed by atoms with Crippen molar-refractivity contribution in [3.63, 3.8) is 0 Å². The molecule has 0 spiro atoms. The summed E-state index contributed by atoms with van der Waals surface area (Å²) in [5, 5.41) is 0. The fraction of sp³-hybridized carbons (Fsp3) is 0.688. The smallest absolute Gasteiger partial charge is 0.360 e. The minimum atomic E-state index is -0.541. The van der Waals surface area contributed by atoms with Crippen molar-refractivity contribution in [2.24, 2.45) is 5.92 Å². The Bertz CT molecular complexity index is 482. The first-order chi connectivity index (χ1) is 10.5. The van der Waals surface area contributed by atoms with Crippen molar-refractivity contribution < 1.29 is 18.7 Å². The monoisotopic (exact) mass is 310 g/mol. The molecule has 0 bridgehead atoms. The lowest BCUT2D eigenvalue weighted by atomic mass is 10.1. The molecule has 0 aliphatic rings. The predicted octanol–water partition coefficient (Wildman–Crippen LogP) is 3.03. The second-order valence-electron chi connectivity index (χ2n) is 5.74. The van der Waals surface area contributed by atoms with Crippen molar-refractivity contribution in [2.45, 2.75) is 53.0 Å². The van der Waals surface area contributed by atoms with Crippen LogP contribution in [0.15, 0.2) is 10.7 Å². The molecular formula is C16H26N2O4. The van der Waals surface area contributed by atoms with E-state index in [9.17, 15) is 9.59 Å². The molecular weight excluding hydrogens is 284 g/mol. The SMILES string of the molecule is CCCCCN(Cc1nc(C(=O)OC)co1)C(=O)CC(C)C. The molecule has 0 aliphatic heterocycles. The predicted molar refractivity (Wildman–Crippen MR) is 82.2 cm³/mol. The lowest BCUT2D eigenvalue weighted by Crippen LogP contribution is -2.32. The molecule has 124 valence electrons. The van der Waals surface area contributed by atoms with Crippen LogP contribution in [-0.2, 0) is 16.1 Å². The van der Waals surface area contributed by atoms with Crippen LogP contribution in [0.2, 0.25) is 0 Å². The molecule has 0 saturated heterocycles. The molecule has 0 aliphatic carbocycles. The highest BCUT2D eigenvalue weighted by Crippen LogP contribution is 2.12. The fourth-order valence-corrected chi connectivity index (χ4v) is 2.07. The summed E-state index contributed by atoms with van der Waals surface area (Å²) in [4.78, 5) is 29.5. The Balaban J connectivity index is 2.71. The van der Waals surface area contributed by atoms with Gasteiger partial charge in [-0.15, -0.1) is 0 Å². The quantitative estimate of drug-likeness (QED) is 0.518. The lowest BCUT2D eigenvalue weighted by molar-refractivity contribution is -0.133. The number of rotatable bonds is 9. The average Bonchev–Trinajstić information content (AvgIpc) is 2.93. The van der Waals surface area contributed by atoms with Crippen LogP contribution in [0.4, 0.5) is 0 Å². The van der Waals surface area contributed by atoms with E-state index in [4.69, 9.17) is 4.42 Å². The number of ether oxygens (including phenoxy) is 1. The highest BCUT2D eigenvalue weighted by atomic mass is 16.5. The highest BCUT2D eigenvalue weighted by molar-refractivity contribution is 5.86. The van der Waals surface area contributed by atoms with Gasteiger partial charge in [0.15, 0.2) is 5.69 Å². The number of oxazole rings is 1. The van der Waals surface area contributed by atoms with E-state index in [1.54, 1.807) is 4.90 Å². The molecule has 1 amide bonds. The van der Waals surface area contributed by atoms with Crippen LogP contribution >= 0.6 is 0 Å². The third-order valence-electron chi connectivity index (χ3n) is 3.24. The van der Waals surface area contributed by atoms with E-state index in [2.05, 4.69) is 16.6 Å². The summed E-state index contributed by atoms with van der Waals surface area (Å²) in [6, 6.07) is 0. The second-order valence-corrected chi connectivity index (χ2v) is 5.74. The van der Waals surface area contributed by atoms with Crippen molar-refractivity contribution in [2.75, 3.05) is 13.7 Å². The topological polar surface area (TPSA) is 72.6 Å². The summed E-state index contributed by atoms with van der Waals surface area (Å²) < 4.78 is 9.87. The van der Waals surface area contributed by atoms with Crippen LogP contribution in [0.1, 0.15) is 62.8 Å². The number of hydrogen-bond acceptors (Lipinski definition) is 5. The molecule has 1 rings (SSSR count). The van der Waals surface area contributed by atoms with Gasteiger partial charge < -0.3 is 14.1 Å². The van der Waals surface area contributed by atoms with E-state index < -0.39 is 5.97 Å². The van der Waals surface area contributed by atoms with Gasteiger partial charge in [0, 0.05) is 13.0 Å². The molecule has 1 aromatic rings. The first-order valence-corrected chi connectivity index (χ1v) is 7.78. The maximum absolute atomic E-state index is 12.3. The molecule has 0 atom stereocenters. The summed E-state index contributed by atoms with van der Waals surface area (Å²) in [5.41, 5.74) is 0.127. The average molecular weight is 310 g/mol. The van der Waals surface area contributed by atoms with Crippen LogP contribution in [-0.4, -0.2) is 35.4 Å². The molecule has 0 saturated carbocycles. The van der Waals surface area contributed by atoms with Crippen LogP contribution in [0, 0.1) is 5.92 Å². The molecule has 0 N–H and O–H groups in total. The molecule has 1 heterocycles. The Morgan fingerprint density at radius 2 is 2.09 bits per heavy atom. The Labute approximate surface area is 131 Å². The molecule has 22 heavy (non-hydrogen) atoms. The maximum atomic E-state index is 12.3. The van der Waals surface area contributed by atoms with Crippen molar-refractivity contribution in [3.8, 4) is 0 Å². The summed E-state index contributed by atoms with van der Waals surface area (Å²) in [5.74, 6) is 0.204. The van der Waals surface area contributed by atoms with Gasteiger partial charge in [0.2, 0.25) is 11.8 Å². The van der Waals surface area contributed by atoms with Crippen LogP contribution in [0.25, 0.3) is 0 Å². The summed E-state index contributed by atoms with van der Waals surface area (Å²) in [6.45, 7) is 7.11. The zero-order chi connectivity index (χ0) is 16.5. The summed E-state index contributed by atoms with van der Waals surface area (Å²) in [6.07, 6.45) is 4.88. The number of carbonyl (C=O) groups excluding carboxylic acids is 2. The van der Waals surface area contributed by atoms with Gasteiger partial charge in [0.25, 0.3) is 0 Å².